The van der Waals surface area contributed by atoms with Crippen LogP contribution in [0.1, 0.15) is 11.1 Å². The van der Waals surface area contributed by atoms with E-state index in [1.165, 1.54) is 0 Å². The van der Waals surface area contributed by atoms with Gasteiger partial charge in [-0.2, -0.15) is 0 Å². The van der Waals surface area contributed by atoms with Gasteiger partial charge in [0.05, 0.1) is 19.2 Å². The number of hydrogen-bond acceptors (Lipinski definition) is 5. The lowest BCUT2D eigenvalue weighted by molar-refractivity contribution is 0.251. The molecule has 1 heterocycles. The number of thioether (sulfide) groups is 1. The maximum atomic E-state index is 12.3. The fourth-order valence-electron chi connectivity index (χ4n) is 2.70. The molecular formula is C22H23N3O3S. The Balaban J connectivity index is 1.55. The van der Waals surface area contributed by atoms with E-state index < -0.39 is 0 Å². The molecule has 0 saturated carbocycles. The van der Waals surface area contributed by atoms with Crippen molar-refractivity contribution >= 4 is 23.5 Å². The molecule has 0 fully saturated rings. The molecule has 0 aliphatic carbocycles. The van der Waals surface area contributed by atoms with Gasteiger partial charge in [-0.1, -0.05) is 18.2 Å². The highest BCUT2D eigenvalue weighted by Gasteiger charge is 2.08. The Morgan fingerprint density at radius 1 is 1.03 bits per heavy atom. The van der Waals surface area contributed by atoms with Gasteiger partial charge < -0.3 is 20.1 Å². The van der Waals surface area contributed by atoms with Crippen molar-refractivity contribution in [3.63, 3.8) is 0 Å². The van der Waals surface area contributed by atoms with Crippen LogP contribution < -0.4 is 20.1 Å². The lowest BCUT2D eigenvalue weighted by Crippen LogP contribution is -2.28. The average molecular weight is 410 g/mol. The molecule has 0 spiro atoms. The minimum Gasteiger partial charge on any atom is -0.497 e. The average Bonchev–Trinajstić information content (AvgIpc) is 2.77. The van der Waals surface area contributed by atoms with Crippen LogP contribution >= 0.6 is 11.8 Å². The summed E-state index contributed by atoms with van der Waals surface area (Å²) >= 11 is 1.65. The summed E-state index contributed by atoms with van der Waals surface area (Å²) in [5.74, 6) is 2.18. The summed E-state index contributed by atoms with van der Waals surface area (Å²) in [7, 11) is 3.20. The van der Waals surface area contributed by atoms with Crippen molar-refractivity contribution in [3.8, 4) is 11.5 Å². The Labute approximate surface area is 174 Å². The Hall–Kier alpha value is -3.19. The third kappa shape index (κ3) is 6.15. The second kappa shape index (κ2) is 10.4. The van der Waals surface area contributed by atoms with Gasteiger partial charge in [-0.3, -0.25) is 0 Å². The summed E-state index contributed by atoms with van der Waals surface area (Å²) in [4.78, 5) is 16.6. The van der Waals surface area contributed by atoms with Crippen molar-refractivity contribution in [2.24, 2.45) is 0 Å². The standard InChI is InChI=1S/C22H23N3O3S/c1-27-19-9-10-20(28-2)17(13-19)14-24-22(26)25-18-7-5-6-16(12-18)15-29-21-8-3-4-11-23-21/h3-13H,14-15H2,1-2H3,(H2,24,25,26). The van der Waals surface area contributed by atoms with Gasteiger partial charge in [-0.15, -0.1) is 11.8 Å². The molecule has 29 heavy (non-hydrogen) atoms. The molecule has 0 unspecified atom stereocenters. The molecule has 0 aliphatic heterocycles. The van der Waals surface area contributed by atoms with Crippen molar-refractivity contribution in [1.29, 1.82) is 0 Å². The molecule has 2 N–H and O–H groups in total. The number of pyridine rings is 1. The van der Waals surface area contributed by atoms with Crippen LogP contribution in [-0.2, 0) is 12.3 Å². The number of carbonyl (C=O) groups is 1. The first-order chi connectivity index (χ1) is 14.2. The molecule has 1 aromatic heterocycles. The summed E-state index contributed by atoms with van der Waals surface area (Å²) < 4.78 is 10.6. The molecular weight excluding hydrogens is 386 g/mol. The third-order valence-electron chi connectivity index (χ3n) is 4.14. The second-order valence-electron chi connectivity index (χ2n) is 6.14. The Morgan fingerprint density at radius 2 is 1.93 bits per heavy atom. The number of nitrogens with one attached hydrogen (secondary N) is 2. The predicted octanol–water partition coefficient (Wildman–Crippen LogP) is 4.71. The van der Waals surface area contributed by atoms with Gasteiger partial charge in [-0.05, 0) is 48.0 Å². The molecule has 150 valence electrons. The minimum absolute atomic E-state index is 0.288. The summed E-state index contributed by atoms with van der Waals surface area (Å²) in [5.41, 5.74) is 2.68. The zero-order valence-corrected chi connectivity index (χ0v) is 17.2. The quantitative estimate of drug-likeness (QED) is 0.527. The monoisotopic (exact) mass is 409 g/mol. The highest BCUT2D eigenvalue weighted by atomic mass is 32.2. The first kappa shape index (κ1) is 20.5. The number of amides is 2. The zero-order valence-electron chi connectivity index (χ0n) is 16.3. The number of ether oxygens (including phenoxy) is 2. The summed E-state index contributed by atoms with van der Waals surface area (Å²) in [6, 6.07) is 18.8. The molecule has 3 aromatic rings. The van der Waals surface area contributed by atoms with Crippen molar-refractivity contribution in [2.45, 2.75) is 17.3 Å². The lowest BCUT2D eigenvalue weighted by atomic mass is 10.2. The van der Waals surface area contributed by atoms with Crippen LogP contribution in [0.25, 0.3) is 0 Å². The van der Waals surface area contributed by atoms with Gasteiger partial charge in [0, 0.05) is 29.7 Å². The van der Waals surface area contributed by atoms with Crippen LogP contribution in [0, 0.1) is 0 Å². The molecule has 0 saturated heterocycles. The molecule has 0 bridgehead atoms. The topological polar surface area (TPSA) is 72.5 Å². The van der Waals surface area contributed by atoms with E-state index >= 15 is 0 Å². The lowest BCUT2D eigenvalue weighted by Gasteiger charge is -2.12. The van der Waals surface area contributed by atoms with Gasteiger partial charge in [0.1, 0.15) is 11.5 Å². The minimum atomic E-state index is -0.288. The molecule has 0 atom stereocenters. The second-order valence-corrected chi connectivity index (χ2v) is 7.14. The zero-order chi connectivity index (χ0) is 20.5. The van der Waals surface area contributed by atoms with Gasteiger partial charge in [0.15, 0.2) is 0 Å². The normalized spacial score (nSPS) is 10.3. The van der Waals surface area contributed by atoms with Crippen molar-refractivity contribution < 1.29 is 14.3 Å². The van der Waals surface area contributed by atoms with Crippen LogP contribution in [0.15, 0.2) is 71.9 Å². The predicted molar refractivity (Wildman–Crippen MR) is 116 cm³/mol. The molecule has 3 rings (SSSR count). The smallest absolute Gasteiger partial charge is 0.319 e. The van der Waals surface area contributed by atoms with E-state index in [1.807, 2.05) is 60.7 Å². The number of rotatable bonds is 8. The fourth-order valence-corrected chi connectivity index (χ4v) is 3.50. The molecule has 2 amide bonds. The summed E-state index contributed by atoms with van der Waals surface area (Å²) in [6.07, 6.45) is 1.78. The maximum Gasteiger partial charge on any atom is 0.319 e. The first-order valence-corrected chi connectivity index (χ1v) is 10.0. The van der Waals surface area contributed by atoms with Crippen LogP contribution in [0.4, 0.5) is 10.5 Å². The van der Waals surface area contributed by atoms with E-state index in [0.717, 1.165) is 27.6 Å². The number of hydrogen-bond donors (Lipinski definition) is 2. The molecule has 0 radical (unpaired) electrons. The van der Waals surface area contributed by atoms with E-state index in [2.05, 4.69) is 15.6 Å². The maximum absolute atomic E-state index is 12.3. The number of nitrogens with zero attached hydrogens (tertiary/aromatic N) is 1. The SMILES string of the molecule is COc1ccc(OC)c(CNC(=O)Nc2cccc(CSc3ccccn3)c2)c1. The van der Waals surface area contributed by atoms with E-state index in [4.69, 9.17) is 9.47 Å². The van der Waals surface area contributed by atoms with Crippen molar-refractivity contribution in [1.82, 2.24) is 10.3 Å². The van der Waals surface area contributed by atoms with E-state index in [-0.39, 0.29) is 6.03 Å². The number of benzene rings is 2. The van der Waals surface area contributed by atoms with Gasteiger partial charge >= 0.3 is 6.03 Å². The molecule has 2 aromatic carbocycles. The van der Waals surface area contributed by atoms with Crippen molar-refractivity contribution in [2.75, 3.05) is 19.5 Å². The van der Waals surface area contributed by atoms with E-state index in [1.54, 1.807) is 32.2 Å². The van der Waals surface area contributed by atoms with Gasteiger partial charge in [0.2, 0.25) is 0 Å². The Kier molecular flexibility index (Phi) is 7.35. The number of carbonyl (C=O) groups excluding carboxylic acids is 1. The fraction of sp³-hybridized carbons (Fsp3) is 0.182. The van der Waals surface area contributed by atoms with Crippen LogP contribution in [0.5, 0.6) is 11.5 Å². The van der Waals surface area contributed by atoms with Crippen molar-refractivity contribution in [3.05, 3.63) is 78.0 Å². The molecule has 0 aliphatic rings. The van der Waals surface area contributed by atoms with Crippen LogP contribution in [0.2, 0.25) is 0 Å². The van der Waals surface area contributed by atoms with Gasteiger partial charge in [0.25, 0.3) is 0 Å². The highest BCUT2D eigenvalue weighted by Crippen LogP contribution is 2.24. The summed E-state index contributed by atoms with van der Waals surface area (Å²) in [5, 5.41) is 6.69. The van der Waals surface area contributed by atoms with E-state index in [0.29, 0.717) is 18.0 Å². The third-order valence-corrected chi connectivity index (χ3v) is 5.15. The van der Waals surface area contributed by atoms with Crippen LogP contribution in [0.3, 0.4) is 0 Å². The van der Waals surface area contributed by atoms with Gasteiger partial charge in [-0.25, -0.2) is 9.78 Å². The highest BCUT2D eigenvalue weighted by molar-refractivity contribution is 7.98. The molecule has 6 nitrogen and oxygen atoms in total. The number of aromatic nitrogens is 1. The molecule has 7 heteroatoms. The number of urea groups is 1. The number of methoxy groups -OCH3 is 2. The Morgan fingerprint density at radius 3 is 2.69 bits per heavy atom. The summed E-state index contributed by atoms with van der Waals surface area (Å²) in [6.45, 7) is 0.321. The van der Waals surface area contributed by atoms with Crippen LogP contribution in [-0.4, -0.2) is 25.2 Å². The van der Waals surface area contributed by atoms with E-state index in [9.17, 15) is 4.79 Å². The number of anilines is 1. The first-order valence-electron chi connectivity index (χ1n) is 9.06. The Bertz CT molecular complexity index is 951. The largest absolute Gasteiger partial charge is 0.497 e.